The summed E-state index contributed by atoms with van der Waals surface area (Å²) in [6.45, 7) is 4.59. The Labute approximate surface area is 207 Å². The quantitative estimate of drug-likeness (QED) is 0.622. The molecule has 1 saturated heterocycles. The molecule has 0 bridgehead atoms. The highest BCUT2D eigenvalue weighted by atomic mass is 16.2. The molecule has 35 heavy (non-hydrogen) atoms. The van der Waals surface area contributed by atoms with E-state index in [0.29, 0.717) is 24.3 Å². The van der Waals surface area contributed by atoms with Gasteiger partial charge in [-0.25, -0.2) is 0 Å². The third kappa shape index (κ3) is 4.17. The van der Waals surface area contributed by atoms with E-state index < -0.39 is 5.54 Å². The van der Waals surface area contributed by atoms with Gasteiger partial charge in [-0.2, -0.15) is 0 Å². The number of aliphatic imine (C=N–C) groups is 1. The molecule has 3 fully saturated rings. The normalized spacial score (nSPS) is 24.3. The van der Waals surface area contributed by atoms with Crippen LogP contribution in [0.1, 0.15) is 57.4 Å². The molecule has 2 saturated carbocycles. The van der Waals surface area contributed by atoms with Gasteiger partial charge in [0.1, 0.15) is 11.4 Å². The number of pyridine rings is 1. The van der Waals surface area contributed by atoms with Crippen molar-refractivity contribution >= 4 is 17.6 Å². The summed E-state index contributed by atoms with van der Waals surface area (Å²) >= 11 is 0. The topological polar surface area (TPSA) is 65.9 Å². The summed E-state index contributed by atoms with van der Waals surface area (Å²) in [7, 11) is 0. The van der Waals surface area contributed by atoms with E-state index in [1.54, 1.807) is 6.20 Å². The maximum Gasteiger partial charge on any atom is 0.256 e. The van der Waals surface area contributed by atoms with Crippen LogP contribution in [0.25, 0.3) is 11.3 Å². The zero-order valence-corrected chi connectivity index (χ0v) is 20.5. The van der Waals surface area contributed by atoms with Gasteiger partial charge in [-0.1, -0.05) is 50.1 Å². The van der Waals surface area contributed by atoms with Crippen LogP contribution in [-0.4, -0.2) is 57.6 Å². The van der Waals surface area contributed by atoms with Crippen LogP contribution in [0.3, 0.4) is 0 Å². The summed E-state index contributed by atoms with van der Waals surface area (Å²) in [5.41, 5.74) is 2.41. The van der Waals surface area contributed by atoms with Crippen molar-refractivity contribution in [2.75, 3.05) is 19.6 Å². The molecule has 6 nitrogen and oxygen atoms in total. The van der Waals surface area contributed by atoms with Crippen LogP contribution in [-0.2, 0) is 9.59 Å². The van der Waals surface area contributed by atoms with Gasteiger partial charge >= 0.3 is 0 Å². The Morgan fingerprint density at radius 3 is 2.49 bits per heavy atom. The van der Waals surface area contributed by atoms with Gasteiger partial charge in [0.15, 0.2) is 0 Å². The molecule has 0 radical (unpaired) electrons. The molecule has 2 aliphatic heterocycles. The minimum absolute atomic E-state index is 0.176. The molecule has 4 aliphatic rings. The van der Waals surface area contributed by atoms with Crippen LogP contribution in [0.15, 0.2) is 53.7 Å². The first-order valence-corrected chi connectivity index (χ1v) is 13.3. The standard InChI is InChI=1S/C29H34N4O2/c1-20(24-13-17-32(19-24)27(34)23-11-12-23)18-33-26(31-29(28(33)35)14-3-4-15-29)22-9-7-21(8-10-22)25-6-2-5-16-30-25/h2,5-10,16,20,23-24H,3-4,11-15,17-19H2,1H3. The van der Waals surface area contributed by atoms with E-state index in [2.05, 4.69) is 41.1 Å². The number of likely N-dealkylation sites (tertiary alicyclic amines) is 1. The summed E-state index contributed by atoms with van der Waals surface area (Å²) in [5, 5.41) is 0. The number of hydrogen-bond acceptors (Lipinski definition) is 4. The number of hydrogen-bond donors (Lipinski definition) is 0. The molecular formula is C29H34N4O2. The molecule has 0 N–H and O–H groups in total. The summed E-state index contributed by atoms with van der Waals surface area (Å²) in [4.78, 5) is 39.9. The molecule has 2 amide bonds. The van der Waals surface area contributed by atoms with Gasteiger partial charge in [0.2, 0.25) is 5.91 Å². The fraction of sp³-hybridized carbons (Fsp3) is 0.517. The van der Waals surface area contributed by atoms with E-state index in [-0.39, 0.29) is 11.8 Å². The first kappa shape index (κ1) is 22.4. The van der Waals surface area contributed by atoms with Crippen LogP contribution in [0.4, 0.5) is 0 Å². The van der Waals surface area contributed by atoms with Crippen molar-refractivity contribution in [3.8, 4) is 11.3 Å². The second kappa shape index (κ2) is 8.89. The lowest BCUT2D eigenvalue weighted by atomic mass is 9.91. The summed E-state index contributed by atoms with van der Waals surface area (Å²) in [6, 6.07) is 14.2. The Hall–Kier alpha value is -3.02. The van der Waals surface area contributed by atoms with Gasteiger partial charge < -0.3 is 4.90 Å². The van der Waals surface area contributed by atoms with Gasteiger partial charge in [0, 0.05) is 42.9 Å². The highest BCUT2D eigenvalue weighted by Gasteiger charge is 2.50. The molecule has 2 aliphatic carbocycles. The van der Waals surface area contributed by atoms with Gasteiger partial charge in [0.05, 0.1) is 5.69 Å². The fourth-order valence-electron chi connectivity index (χ4n) is 6.13. The molecule has 6 heteroatoms. The van der Waals surface area contributed by atoms with Crippen molar-refractivity contribution in [1.29, 1.82) is 0 Å². The molecule has 1 aromatic carbocycles. The summed E-state index contributed by atoms with van der Waals surface area (Å²) < 4.78 is 0. The lowest BCUT2D eigenvalue weighted by Crippen LogP contribution is -2.44. The Morgan fingerprint density at radius 2 is 1.80 bits per heavy atom. The van der Waals surface area contributed by atoms with Crippen LogP contribution in [0.5, 0.6) is 0 Å². The van der Waals surface area contributed by atoms with E-state index >= 15 is 0 Å². The van der Waals surface area contributed by atoms with Crippen LogP contribution >= 0.6 is 0 Å². The average Bonchev–Trinajstić information content (AvgIpc) is 3.32. The monoisotopic (exact) mass is 470 g/mol. The Kier molecular flexibility index (Phi) is 5.70. The third-order valence-electron chi connectivity index (χ3n) is 8.49. The number of rotatable bonds is 6. The Balaban J connectivity index is 1.22. The predicted molar refractivity (Wildman–Crippen MR) is 136 cm³/mol. The van der Waals surface area contributed by atoms with E-state index in [9.17, 15) is 9.59 Å². The second-order valence-electron chi connectivity index (χ2n) is 11.0. The maximum absolute atomic E-state index is 13.8. The molecule has 3 heterocycles. The summed E-state index contributed by atoms with van der Waals surface area (Å²) in [5.74, 6) is 2.36. The Morgan fingerprint density at radius 1 is 1.06 bits per heavy atom. The van der Waals surface area contributed by atoms with Crippen LogP contribution in [0.2, 0.25) is 0 Å². The number of benzene rings is 1. The molecule has 1 aromatic heterocycles. The molecular weight excluding hydrogens is 436 g/mol. The minimum Gasteiger partial charge on any atom is -0.342 e. The van der Waals surface area contributed by atoms with Gasteiger partial charge in [-0.05, 0) is 56.1 Å². The fourth-order valence-corrected chi connectivity index (χ4v) is 6.13. The third-order valence-corrected chi connectivity index (χ3v) is 8.49. The van der Waals surface area contributed by atoms with Gasteiger partial charge in [0.25, 0.3) is 5.91 Å². The highest BCUT2D eigenvalue weighted by Crippen LogP contribution is 2.41. The molecule has 182 valence electrons. The smallest absolute Gasteiger partial charge is 0.256 e. The van der Waals surface area contributed by atoms with E-state index in [1.807, 2.05) is 23.1 Å². The maximum atomic E-state index is 13.8. The summed E-state index contributed by atoms with van der Waals surface area (Å²) in [6.07, 6.45) is 8.75. The lowest BCUT2D eigenvalue weighted by Gasteiger charge is -2.28. The first-order chi connectivity index (χ1) is 17.0. The molecule has 6 rings (SSSR count). The number of nitrogens with zero attached hydrogens (tertiary/aromatic N) is 4. The molecule has 1 spiro atoms. The SMILES string of the molecule is CC(CN1C(=O)C2(CCCC2)N=C1c1ccc(-c2ccccn2)cc1)C1CCN(C(=O)C2CC2)C1. The van der Waals surface area contributed by atoms with E-state index in [4.69, 9.17) is 4.99 Å². The number of carbonyl (C=O) groups is 2. The Bertz CT molecular complexity index is 1130. The van der Waals surface area contributed by atoms with Crippen molar-refractivity contribution in [1.82, 2.24) is 14.8 Å². The van der Waals surface area contributed by atoms with Gasteiger partial charge in [-0.15, -0.1) is 0 Å². The van der Waals surface area contributed by atoms with Crippen molar-refractivity contribution in [2.45, 2.75) is 57.4 Å². The number of carbonyl (C=O) groups excluding carboxylic acids is 2. The minimum atomic E-state index is -0.571. The van der Waals surface area contributed by atoms with Crippen molar-refractivity contribution in [2.24, 2.45) is 22.7 Å². The zero-order valence-electron chi connectivity index (χ0n) is 20.5. The number of aromatic nitrogens is 1. The van der Waals surface area contributed by atoms with E-state index in [1.165, 1.54) is 0 Å². The zero-order chi connectivity index (χ0) is 24.0. The lowest BCUT2D eigenvalue weighted by molar-refractivity contribution is -0.132. The second-order valence-corrected chi connectivity index (χ2v) is 11.0. The predicted octanol–water partition coefficient (Wildman–Crippen LogP) is 4.54. The van der Waals surface area contributed by atoms with Crippen LogP contribution < -0.4 is 0 Å². The number of amidine groups is 1. The van der Waals surface area contributed by atoms with Crippen molar-refractivity contribution in [3.05, 3.63) is 54.2 Å². The highest BCUT2D eigenvalue weighted by molar-refractivity contribution is 6.15. The van der Waals surface area contributed by atoms with Crippen LogP contribution in [0, 0.1) is 17.8 Å². The van der Waals surface area contributed by atoms with E-state index in [0.717, 1.165) is 80.7 Å². The average molecular weight is 471 g/mol. The first-order valence-electron chi connectivity index (χ1n) is 13.3. The van der Waals surface area contributed by atoms with Crippen molar-refractivity contribution < 1.29 is 9.59 Å². The molecule has 2 atom stereocenters. The largest absolute Gasteiger partial charge is 0.342 e. The molecule has 2 aromatic rings. The number of amides is 2. The van der Waals surface area contributed by atoms with Gasteiger partial charge in [-0.3, -0.25) is 24.5 Å². The van der Waals surface area contributed by atoms with Crippen molar-refractivity contribution in [3.63, 3.8) is 0 Å². The molecule has 2 unspecified atom stereocenters.